The summed E-state index contributed by atoms with van der Waals surface area (Å²) in [6, 6.07) is 12.3. The molecule has 0 amide bonds. The largest absolute Gasteiger partial charge is 0.418 e. The lowest BCUT2D eigenvalue weighted by atomic mass is 9.84. The third-order valence-electron chi connectivity index (χ3n) is 5.80. The number of esters is 1. The molecule has 0 bridgehead atoms. The molecule has 3 N–H and O–H groups in total. The number of hydrogen-bond donors (Lipinski definition) is 2. The van der Waals surface area contributed by atoms with E-state index in [1.165, 1.54) is 6.42 Å². The number of hydrogen-bond acceptors (Lipinski definition) is 5. The number of sulfonamides is 1. The van der Waals surface area contributed by atoms with E-state index in [1.807, 2.05) is 6.07 Å². The minimum atomic E-state index is -4.07. The first-order valence-corrected chi connectivity index (χ1v) is 11.8. The van der Waals surface area contributed by atoms with E-state index in [9.17, 15) is 18.0 Å². The fourth-order valence-electron chi connectivity index (χ4n) is 4.25. The van der Waals surface area contributed by atoms with Crippen LogP contribution in [-0.2, 0) is 19.6 Å². The zero-order chi connectivity index (χ0) is 22.2. The summed E-state index contributed by atoms with van der Waals surface area (Å²) in [5.74, 6) is -1.38. The highest BCUT2D eigenvalue weighted by molar-refractivity contribution is 7.89. The van der Waals surface area contributed by atoms with E-state index in [0.717, 1.165) is 38.2 Å². The van der Waals surface area contributed by atoms with Crippen molar-refractivity contribution in [3.8, 4) is 17.0 Å². The lowest BCUT2D eigenvalue weighted by Gasteiger charge is -2.23. The van der Waals surface area contributed by atoms with Crippen molar-refractivity contribution >= 4 is 32.7 Å². The first-order valence-electron chi connectivity index (χ1n) is 10.3. The van der Waals surface area contributed by atoms with Gasteiger partial charge in [0, 0.05) is 23.4 Å². The molecule has 31 heavy (non-hydrogen) atoms. The summed E-state index contributed by atoms with van der Waals surface area (Å²) in [6.45, 7) is 1.12. The van der Waals surface area contributed by atoms with Crippen molar-refractivity contribution in [1.29, 1.82) is 0 Å². The van der Waals surface area contributed by atoms with Gasteiger partial charge in [0.05, 0.1) is 10.6 Å². The predicted octanol–water partition coefficient (Wildman–Crippen LogP) is 4.02. The van der Waals surface area contributed by atoms with Crippen LogP contribution >= 0.6 is 0 Å². The van der Waals surface area contributed by atoms with E-state index < -0.39 is 21.8 Å². The molecule has 162 valence electrons. The molecule has 1 aromatic heterocycles. The second kappa shape index (κ2) is 8.28. The van der Waals surface area contributed by atoms with E-state index in [4.69, 9.17) is 9.88 Å². The normalized spacial score (nSPS) is 15.2. The maximum atomic E-state index is 12.5. The average molecular weight is 441 g/mol. The quantitative estimate of drug-likeness (QED) is 0.459. The van der Waals surface area contributed by atoms with Crippen LogP contribution in [0.25, 0.3) is 22.2 Å². The first-order chi connectivity index (χ1) is 14.8. The number of ether oxygens (including phenoxy) is 1. The number of carbonyl (C=O) groups excluding carboxylic acids is 2. The third-order valence-corrected chi connectivity index (χ3v) is 6.75. The van der Waals surface area contributed by atoms with Gasteiger partial charge in [0.1, 0.15) is 0 Å². The minimum absolute atomic E-state index is 0.0396. The number of para-hydroxylation sites is 1. The summed E-state index contributed by atoms with van der Waals surface area (Å²) in [7, 11) is -4.07. The molecule has 1 aliphatic carbocycles. The Morgan fingerprint density at radius 2 is 1.77 bits per heavy atom. The Bertz CT molecular complexity index is 1270. The molecule has 0 unspecified atom stereocenters. The van der Waals surface area contributed by atoms with Crippen molar-refractivity contribution in [2.24, 2.45) is 5.14 Å². The summed E-state index contributed by atoms with van der Waals surface area (Å²) in [5.41, 5.74) is 2.16. The van der Waals surface area contributed by atoms with Gasteiger partial charge < -0.3 is 9.72 Å². The SMILES string of the molecule is CC(=O)C(=O)Oc1c(-c2ccc(C3CCCCC3)cc2S(N)(=O)=O)[nH]c2ccccc12. The number of fused-ring (bicyclic) bond motifs is 1. The van der Waals surface area contributed by atoms with E-state index in [1.54, 1.807) is 36.4 Å². The number of rotatable bonds is 5. The number of nitrogens with two attached hydrogens (primary N) is 1. The Labute approximate surface area is 180 Å². The molecule has 1 heterocycles. The fraction of sp³-hybridized carbons (Fsp3) is 0.304. The van der Waals surface area contributed by atoms with Crippen LogP contribution < -0.4 is 9.88 Å². The minimum Gasteiger partial charge on any atom is -0.418 e. The molecule has 1 saturated carbocycles. The molecule has 2 aromatic carbocycles. The molecule has 0 radical (unpaired) electrons. The maximum absolute atomic E-state index is 12.5. The maximum Gasteiger partial charge on any atom is 0.379 e. The van der Waals surface area contributed by atoms with Crippen LogP contribution in [0.5, 0.6) is 5.75 Å². The van der Waals surface area contributed by atoms with Gasteiger partial charge in [0.25, 0.3) is 0 Å². The van der Waals surface area contributed by atoms with Crippen LogP contribution in [0.15, 0.2) is 47.4 Å². The second-order valence-corrected chi connectivity index (χ2v) is 9.49. The van der Waals surface area contributed by atoms with Crippen LogP contribution in [0.1, 0.15) is 50.5 Å². The van der Waals surface area contributed by atoms with E-state index in [-0.39, 0.29) is 16.3 Å². The molecular formula is C23H24N2O5S. The third kappa shape index (κ3) is 4.26. The first kappa shape index (κ1) is 21.3. The van der Waals surface area contributed by atoms with E-state index >= 15 is 0 Å². The predicted molar refractivity (Wildman–Crippen MR) is 117 cm³/mol. The Morgan fingerprint density at radius 1 is 1.06 bits per heavy atom. The molecule has 0 spiro atoms. The number of aromatic amines is 1. The summed E-state index contributed by atoms with van der Waals surface area (Å²) >= 11 is 0. The van der Waals surface area contributed by atoms with Gasteiger partial charge in [-0.15, -0.1) is 0 Å². The fourth-order valence-corrected chi connectivity index (χ4v) is 5.02. The number of carbonyl (C=O) groups is 2. The van der Waals surface area contributed by atoms with Crippen molar-refractivity contribution in [1.82, 2.24) is 4.98 Å². The summed E-state index contributed by atoms with van der Waals surface area (Å²) in [5, 5.41) is 6.14. The van der Waals surface area contributed by atoms with Crippen molar-refractivity contribution < 1.29 is 22.7 Å². The van der Waals surface area contributed by atoms with Gasteiger partial charge in [-0.3, -0.25) is 4.79 Å². The summed E-state index contributed by atoms with van der Waals surface area (Å²) in [6.07, 6.45) is 5.44. The van der Waals surface area contributed by atoms with Gasteiger partial charge in [0.2, 0.25) is 15.8 Å². The van der Waals surface area contributed by atoms with Crippen LogP contribution in [0.3, 0.4) is 0 Å². The number of benzene rings is 2. The van der Waals surface area contributed by atoms with Crippen LogP contribution in [-0.4, -0.2) is 25.2 Å². The van der Waals surface area contributed by atoms with Gasteiger partial charge in [-0.1, -0.05) is 43.5 Å². The smallest absolute Gasteiger partial charge is 0.379 e. The lowest BCUT2D eigenvalue weighted by molar-refractivity contribution is -0.145. The molecule has 4 rings (SSSR count). The summed E-state index contributed by atoms with van der Waals surface area (Å²) in [4.78, 5) is 26.6. The van der Waals surface area contributed by atoms with Gasteiger partial charge in [-0.05, 0) is 42.5 Å². The van der Waals surface area contributed by atoms with Crippen molar-refractivity contribution in [3.05, 3.63) is 48.0 Å². The highest BCUT2D eigenvalue weighted by Gasteiger charge is 2.26. The lowest BCUT2D eigenvalue weighted by Crippen LogP contribution is -2.18. The van der Waals surface area contributed by atoms with Gasteiger partial charge in [0.15, 0.2) is 5.75 Å². The second-order valence-electron chi connectivity index (χ2n) is 7.96. The molecule has 0 atom stereocenters. The van der Waals surface area contributed by atoms with Crippen LogP contribution in [0.4, 0.5) is 0 Å². The highest BCUT2D eigenvalue weighted by atomic mass is 32.2. The highest BCUT2D eigenvalue weighted by Crippen LogP contribution is 2.41. The number of primary sulfonamides is 1. The van der Waals surface area contributed by atoms with Gasteiger partial charge in [-0.25, -0.2) is 18.4 Å². The Morgan fingerprint density at radius 3 is 2.45 bits per heavy atom. The molecule has 1 aliphatic rings. The molecule has 7 nitrogen and oxygen atoms in total. The zero-order valence-corrected chi connectivity index (χ0v) is 18.0. The molecule has 1 fully saturated rings. The number of H-pyrrole nitrogens is 1. The van der Waals surface area contributed by atoms with Gasteiger partial charge >= 0.3 is 5.97 Å². The zero-order valence-electron chi connectivity index (χ0n) is 17.2. The van der Waals surface area contributed by atoms with Crippen molar-refractivity contribution in [2.45, 2.75) is 49.8 Å². The molecule has 8 heteroatoms. The topological polar surface area (TPSA) is 119 Å². The number of ketones is 1. The molecule has 0 saturated heterocycles. The molecule has 0 aliphatic heterocycles. The number of Topliss-reactive ketones (excluding diaryl/α,β-unsaturated/α-hetero) is 1. The number of aromatic nitrogens is 1. The number of nitrogens with one attached hydrogen (secondary N) is 1. The van der Waals surface area contributed by atoms with Crippen LogP contribution in [0, 0.1) is 0 Å². The van der Waals surface area contributed by atoms with Crippen LogP contribution in [0.2, 0.25) is 0 Å². The molecule has 3 aromatic rings. The Balaban J connectivity index is 1.90. The standard InChI is InChI=1S/C23H24N2O5S/c1-14(26)23(27)30-22-17-9-5-6-10-19(17)25-21(22)18-12-11-16(13-20(18)31(24,28)29)15-7-3-2-4-8-15/h5-6,9-13,15,25H,2-4,7-8H2,1H3,(H2,24,28,29). The van der Waals surface area contributed by atoms with E-state index in [2.05, 4.69) is 4.98 Å². The Hall–Kier alpha value is -2.97. The monoisotopic (exact) mass is 440 g/mol. The van der Waals surface area contributed by atoms with E-state index in [0.29, 0.717) is 22.4 Å². The Kier molecular flexibility index (Phi) is 5.68. The molecular weight excluding hydrogens is 416 g/mol. The average Bonchev–Trinajstić information content (AvgIpc) is 3.11. The summed E-state index contributed by atoms with van der Waals surface area (Å²) < 4.78 is 30.4. The van der Waals surface area contributed by atoms with Crippen molar-refractivity contribution in [2.75, 3.05) is 0 Å². The van der Waals surface area contributed by atoms with Gasteiger partial charge in [-0.2, -0.15) is 0 Å². The van der Waals surface area contributed by atoms with Crippen molar-refractivity contribution in [3.63, 3.8) is 0 Å².